The average Bonchev–Trinajstić information content (AvgIpc) is 2.70. The van der Waals surface area contributed by atoms with Gasteiger partial charge in [-0.15, -0.1) is 0 Å². The van der Waals surface area contributed by atoms with Crippen LogP contribution in [-0.4, -0.2) is 37.8 Å². The summed E-state index contributed by atoms with van der Waals surface area (Å²) in [6, 6.07) is 5.16. The van der Waals surface area contributed by atoms with Gasteiger partial charge in [-0.3, -0.25) is 0 Å². The third-order valence-electron chi connectivity index (χ3n) is 2.92. The highest BCUT2D eigenvalue weighted by atomic mass is 32.2. The zero-order chi connectivity index (χ0) is 15.5. The Morgan fingerprint density at radius 1 is 1.33 bits per heavy atom. The van der Waals surface area contributed by atoms with Crippen molar-refractivity contribution in [1.82, 2.24) is 5.32 Å². The highest BCUT2D eigenvalue weighted by Crippen LogP contribution is 2.31. The number of anilines is 1. The van der Waals surface area contributed by atoms with Crippen LogP contribution >= 0.6 is 11.8 Å². The quantitative estimate of drug-likeness (QED) is 0.828. The second-order valence-electron chi connectivity index (χ2n) is 4.57. The van der Waals surface area contributed by atoms with E-state index < -0.39 is 27.7 Å². The van der Waals surface area contributed by atoms with Crippen LogP contribution in [0.2, 0.25) is 0 Å². The van der Waals surface area contributed by atoms with Crippen LogP contribution in [0.5, 0.6) is 0 Å². The van der Waals surface area contributed by atoms with E-state index in [0.717, 1.165) is 0 Å². The highest BCUT2D eigenvalue weighted by molar-refractivity contribution is 7.99. The number of amides is 2. The van der Waals surface area contributed by atoms with Crippen molar-refractivity contribution in [1.29, 1.82) is 0 Å². The minimum Gasteiger partial charge on any atom is -0.334 e. The lowest BCUT2D eigenvalue weighted by molar-refractivity contribution is 0.249. The largest absolute Gasteiger partial charge is 0.334 e. The van der Waals surface area contributed by atoms with Crippen LogP contribution < -0.4 is 10.6 Å². The molecule has 21 heavy (non-hydrogen) atoms. The van der Waals surface area contributed by atoms with Gasteiger partial charge >= 0.3 is 6.03 Å². The first kappa shape index (κ1) is 16.0. The Morgan fingerprint density at radius 2 is 2.05 bits per heavy atom. The van der Waals surface area contributed by atoms with Gasteiger partial charge in [-0.1, -0.05) is 23.9 Å². The van der Waals surface area contributed by atoms with E-state index in [1.54, 1.807) is 12.1 Å². The highest BCUT2D eigenvalue weighted by Gasteiger charge is 2.29. The molecule has 116 valence electrons. The predicted octanol–water partition coefficient (Wildman–Crippen LogP) is 2.31. The number of nitrogens with one attached hydrogen (secondary N) is 2. The summed E-state index contributed by atoms with van der Waals surface area (Å²) in [5, 5.41) is 5.01. The molecule has 0 aromatic heterocycles. The molecule has 2 N–H and O–H groups in total. The van der Waals surface area contributed by atoms with Gasteiger partial charge in [-0.25, -0.2) is 13.2 Å². The summed E-state index contributed by atoms with van der Waals surface area (Å²) in [7, 11) is -3.08. The fourth-order valence-corrected chi connectivity index (χ4v) is 4.29. The lowest BCUT2D eigenvalue weighted by Crippen LogP contribution is -2.38. The lowest BCUT2D eigenvalue weighted by atomic mass is 10.3. The Hall–Kier alpha value is -1.35. The number of hydrogen-bond donors (Lipinski definition) is 2. The Kier molecular flexibility index (Phi) is 5.04. The molecule has 0 saturated carbocycles. The summed E-state index contributed by atoms with van der Waals surface area (Å²) in [4.78, 5) is 12.1. The van der Waals surface area contributed by atoms with Crippen LogP contribution in [0.25, 0.3) is 0 Å². The molecule has 1 fully saturated rings. The molecule has 2 rings (SSSR count). The maximum atomic E-state index is 12.4. The van der Waals surface area contributed by atoms with E-state index in [-0.39, 0.29) is 22.1 Å². The maximum absolute atomic E-state index is 12.4. The van der Waals surface area contributed by atoms with E-state index in [0.29, 0.717) is 18.2 Å². The fraction of sp³-hybridized carbons (Fsp3) is 0.417. The topological polar surface area (TPSA) is 75.3 Å². The number of sulfone groups is 1. The van der Waals surface area contributed by atoms with Crippen LogP contribution in [0.15, 0.2) is 29.2 Å². The Morgan fingerprint density at radius 3 is 2.67 bits per heavy atom. The Bertz CT molecular complexity index is 623. The second kappa shape index (κ2) is 6.61. The molecule has 1 aliphatic rings. The van der Waals surface area contributed by atoms with Crippen molar-refractivity contribution in [3.05, 3.63) is 24.3 Å². The van der Waals surface area contributed by atoms with E-state index >= 15 is 0 Å². The SMILES string of the molecule is O=C(Nc1ccccc1SC(F)F)N[C@H]1CCS(=O)(=O)C1. The van der Waals surface area contributed by atoms with Gasteiger partial charge in [0, 0.05) is 10.9 Å². The van der Waals surface area contributed by atoms with E-state index in [1.807, 2.05) is 0 Å². The normalized spacial score (nSPS) is 20.4. The number of hydrogen-bond acceptors (Lipinski definition) is 4. The summed E-state index contributed by atoms with van der Waals surface area (Å²) in [5.74, 6) is -2.63. The first-order chi connectivity index (χ1) is 9.85. The Balaban J connectivity index is 1.97. The summed E-state index contributed by atoms with van der Waals surface area (Å²) in [5.41, 5.74) is 0.265. The van der Waals surface area contributed by atoms with Gasteiger partial charge in [0.1, 0.15) is 0 Å². The summed E-state index contributed by atoms with van der Waals surface area (Å²) < 4.78 is 47.4. The zero-order valence-electron chi connectivity index (χ0n) is 10.9. The molecule has 0 aliphatic carbocycles. The molecule has 1 aromatic carbocycles. The molecular weight excluding hydrogens is 322 g/mol. The average molecular weight is 336 g/mol. The molecule has 1 atom stereocenters. The van der Waals surface area contributed by atoms with Crippen LogP contribution in [0, 0.1) is 0 Å². The van der Waals surface area contributed by atoms with Crippen molar-refractivity contribution in [2.45, 2.75) is 23.1 Å². The van der Waals surface area contributed by atoms with Gasteiger partial charge in [0.2, 0.25) is 0 Å². The van der Waals surface area contributed by atoms with Crippen LogP contribution in [-0.2, 0) is 9.84 Å². The third kappa shape index (κ3) is 4.85. The molecule has 0 spiro atoms. The Labute approximate surface area is 125 Å². The molecule has 1 saturated heterocycles. The molecule has 0 bridgehead atoms. The monoisotopic (exact) mass is 336 g/mol. The number of halogens is 2. The minimum atomic E-state index is -3.08. The molecule has 0 radical (unpaired) electrons. The van der Waals surface area contributed by atoms with Gasteiger partial charge in [-0.2, -0.15) is 8.78 Å². The molecule has 9 heteroatoms. The van der Waals surface area contributed by atoms with E-state index in [9.17, 15) is 22.0 Å². The lowest BCUT2D eigenvalue weighted by Gasteiger charge is -2.14. The fourth-order valence-electron chi connectivity index (χ4n) is 2.02. The van der Waals surface area contributed by atoms with Crippen LogP contribution in [0.3, 0.4) is 0 Å². The smallest absolute Gasteiger partial charge is 0.319 e. The van der Waals surface area contributed by atoms with Gasteiger partial charge in [0.15, 0.2) is 9.84 Å². The van der Waals surface area contributed by atoms with E-state index in [1.165, 1.54) is 12.1 Å². The van der Waals surface area contributed by atoms with Crippen molar-refractivity contribution < 1.29 is 22.0 Å². The predicted molar refractivity (Wildman–Crippen MR) is 77.5 cm³/mol. The van der Waals surface area contributed by atoms with Gasteiger partial charge in [0.25, 0.3) is 5.76 Å². The van der Waals surface area contributed by atoms with Crippen molar-refractivity contribution in [2.24, 2.45) is 0 Å². The van der Waals surface area contributed by atoms with Crippen LogP contribution in [0.1, 0.15) is 6.42 Å². The van der Waals surface area contributed by atoms with E-state index in [2.05, 4.69) is 10.6 Å². The van der Waals surface area contributed by atoms with Gasteiger partial charge < -0.3 is 10.6 Å². The molecule has 2 amide bonds. The number of urea groups is 1. The molecule has 1 aliphatic heterocycles. The van der Waals surface area contributed by atoms with Crippen molar-refractivity contribution >= 4 is 33.3 Å². The van der Waals surface area contributed by atoms with Crippen molar-refractivity contribution in [3.8, 4) is 0 Å². The summed E-state index contributed by atoms with van der Waals surface area (Å²) >= 11 is 0.338. The number of thioether (sulfide) groups is 1. The number of para-hydroxylation sites is 1. The second-order valence-corrected chi connectivity index (χ2v) is 7.83. The standard InChI is InChI=1S/C12H14F2N2O3S2/c13-11(14)20-10-4-2-1-3-9(10)16-12(17)15-8-5-6-21(18,19)7-8/h1-4,8,11H,5-7H2,(H2,15,16,17)/t8-/m0/s1. The number of rotatable bonds is 4. The summed E-state index contributed by atoms with van der Waals surface area (Å²) in [6.45, 7) is 0. The minimum absolute atomic E-state index is 0.0514. The van der Waals surface area contributed by atoms with Crippen molar-refractivity contribution in [3.63, 3.8) is 0 Å². The maximum Gasteiger partial charge on any atom is 0.319 e. The number of carbonyl (C=O) groups is 1. The third-order valence-corrected chi connectivity index (χ3v) is 5.48. The molecule has 1 aromatic rings. The number of carbonyl (C=O) groups excluding carboxylic acids is 1. The number of alkyl halides is 2. The van der Waals surface area contributed by atoms with Crippen molar-refractivity contribution in [2.75, 3.05) is 16.8 Å². The summed E-state index contributed by atoms with van der Waals surface area (Å²) in [6.07, 6.45) is 0.364. The number of benzene rings is 1. The zero-order valence-corrected chi connectivity index (χ0v) is 12.5. The van der Waals surface area contributed by atoms with Crippen LogP contribution in [0.4, 0.5) is 19.3 Å². The van der Waals surface area contributed by atoms with E-state index in [4.69, 9.17) is 0 Å². The first-order valence-electron chi connectivity index (χ1n) is 6.17. The molecule has 0 unspecified atom stereocenters. The molecule has 1 heterocycles. The van der Waals surface area contributed by atoms with Gasteiger partial charge in [-0.05, 0) is 18.6 Å². The molecule has 5 nitrogen and oxygen atoms in total. The molecular formula is C12H14F2N2O3S2. The van der Waals surface area contributed by atoms with Gasteiger partial charge in [0.05, 0.1) is 17.2 Å². The first-order valence-corrected chi connectivity index (χ1v) is 8.87.